The van der Waals surface area contributed by atoms with E-state index >= 15 is 0 Å². The number of nitrogens with one attached hydrogen (secondary N) is 1. The molecule has 3 saturated carbocycles. The van der Waals surface area contributed by atoms with E-state index < -0.39 is 29.4 Å². The fourth-order valence-electron chi connectivity index (χ4n) is 11.1. The molecule has 14 heteroatoms. The molecule has 0 bridgehead atoms. The minimum absolute atomic E-state index is 0.100. The van der Waals surface area contributed by atoms with Crippen LogP contribution in [0.1, 0.15) is 150 Å². The molecule has 2 N–H and O–H groups in total. The number of rotatable bonds is 10. The number of piperidine rings is 1. The van der Waals surface area contributed by atoms with Gasteiger partial charge in [-0.3, -0.25) is 24.1 Å². The van der Waals surface area contributed by atoms with Gasteiger partial charge >= 0.3 is 6.18 Å². The third-order valence-electron chi connectivity index (χ3n) is 14.5. The molecular formula is C49H54F3N5O5S. The Hall–Kier alpha value is -4.79. The van der Waals surface area contributed by atoms with Gasteiger partial charge in [-0.15, -0.1) is 11.3 Å². The quantitative estimate of drug-likeness (QED) is 0.119. The van der Waals surface area contributed by atoms with Crippen molar-refractivity contribution in [2.24, 2.45) is 17.3 Å². The summed E-state index contributed by atoms with van der Waals surface area (Å²) in [6.45, 7) is 10.4. The average molecular weight is 882 g/mol. The Bertz CT molecular complexity index is 2490. The van der Waals surface area contributed by atoms with Crippen LogP contribution in [0, 0.1) is 17.3 Å². The Morgan fingerprint density at radius 2 is 1.68 bits per heavy atom. The van der Waals surface area contributed by atoms with Crippen molar-refractivity contribution in [2.45, 2.75) is 121 Å². The lowest BCUT2D eigenvalue weighted by molar-refractivity contribution is -0.141. The van der Waals surface area contributed by atoms with Crippen LogP contribution in [0.4, 0.5) is 18.9 Å². The van der Waals surface area contributed by atoms with Gasteiger partial charge in [0.1, 0.15) is 11.4 Å². The first kappa shape index (κ1) is 43.5. The van der Waals surface area contributed by atoms with Gasteiger partial charge in [0.2, 0.25) is 0 Å². The molecule has 2 aromatic carbocycles. The van der Waals surface area contributed by atoms with Crippen LogP contribution in [-0.2, 0) is 23.0 Å². The van der Waals surface area contributed by atoms with Crippen molar-refractivity contribution >= 4 is 50.7 Å². The van der Waals surface area contributed by atoms with E-state index in [0.717, 1.165) is 91.1 Å². The van der Waals surface area contributed by atoms with Crippen molar-refractivity contribution in [1.82, 2.24) is 19.8 Å². The standard InChI is InChI=1S/C49H54F3N5O5S/c1-28-10-17-38(39(58)22-28)57-45(60)33-7-4-6-31(42(33)46(57)61)14-13-30-25-48(26-30)18-20-56(21-19-48)27-29-11-15-32(16-12-29)44-55-37-23-34(47(2,3)62)36(24-40(37)63-44)54-43(59)35-8-5-9-41(53-35)49(50,51)52/h4-9,23-24,29-30,32,38,62H,1,10-22,25-27H2,2-3H3,(H,54,59). The lowest BCUT2D eigenvalue weighted by atomic mass is 9.56. The third-order valence-corrected chi connectivity index (χ3v) is 15.7. The molecule has 5 aliphatic rings. The van der Waals surface area contributed by atoms with E-state index in [1.165, 1.54) is 36.6 Å². The number of Topliss-reactive ketones (excluding diaryl/α,β-unsaturated/α-hetero) is 1. The number of anilines is 1. The number of thiazole rings is 1. The molecule has 1 saturated heterocycles. The number of fused-ring (bicyclic) bond motifs is 2. The van der Waals surface area contributed by atoms with Crippen molar-refractivity contribution in [1.29, 1.82) is 0 Å². The Labute approximate surface area is 369 Å². The highest BCUT2D eigenvalue weighted by Crippen LogP contribution is 2.54. The minimum Gasteiger partial charge on any atom is -0.386 e. The number of ketones is 1. The molecule has 10 nitrogen and oxygen atoms in total. The van der Waals surface area contributed by atoms with Gasteiger partial charge in [-0.1, -0.05) is 30.4 Å². The lowest BCUT2D eigenvalue weighted by Gasteiger charge is -2.53. The second-order valence-corrected chi connectivity index (χ2v) is 20.5. The molecule has 9 rings (SSSR count). The van der Waals surface area contributed by atoms with Gasteiger partial charge in [0, 0.05) is 30.1 Å². The topological polar surface area (TPSA) is 133 Å². The Morgan fingerprint density at radius 3 is 2.38 bits per heavy atom. The number of hydrogen-bond donors (Lipinski definition) is 2. The molecule has 4 fully saturated rings. The second-order valence-electron chi connectivity index (χ2n) is 19.4. The average Bonchev–Trinajstić information content (AvgIpc) is 3.76. The number of imide groups is 1. The predicted molar refractivity (Wildman–Crippen MR) is 235 cm³/mol. The maximum absolute atomic E-state index is 13.6. The fraction of sp³-hybridized carbons (Fsp3) is 0.510. The molecule has 4 aromatic rings. The molecular weight excluding hydrogens is 828 g/mol. The van der Waals surface area contributed by atoms with Gasteiger partial charge in [0.05, 0.1) is 38.0 Å². The van der Waals surface area contributed by atoms with Crippen molar-refractivity contribution in [2.75, 3.05) is 25.0 Å². The highest BCUT2D eigenvalue weighted by Gasteiger charge is 2.47. The molecule has 4 heterocycles. The number of amides is 3. The summed E-state index contributed by atoms with van der Waals surface area (Å²) in [7, 11) is 0. The number of aromatic nitrogens is 2. The van der Waals surface area contributed by atoms with Crippen LogP contribution in [0.25, 0.3) is 10.2 Å². The van der Waals surface area contributed by atoms with Gasteiger partial charge in [0.15, 0.2) is 5.78 Å². The van der Waals surface area contributed by atoms with Crippen LogP contribution in [0.2, 0.25) is 0 Å². The van der Waals surface area contributed by atoms with E-state index in [1.54, 1.807) is 43.4 Å². The largest absolute Gasteiger partial charge is 0.433 e. The SMILES string of the molecule is C=C1CCC(N2C(=O)c3cccc(CCC4CC5(CCN(CC6CCC(c7nc8cc(C(C)(C)O)c(NC(=O)c9cccc(C(F)(F)F)n9)cc8s7)CC6)CC5)C4)c3C2=O)C(=O)C1. The van der Waals surface area contributed by atoms with E-state index in [9.17, 15) is 37.5 Å². The monoisotopic (exact) mass is 881 g/mol. The molecule has 63 heavy (non-hydrogen) atoms. The molecule has 1 unspecified atom stereocenters. The molecule has 3 aliphatic carbocycles. The van der Waals surface area contributed by atoms with Crippen molar-refractivity contribution < 1.29 is 37.5 Å². The van der Waals surface area contributed by atoms with E-state index in [1.807, 2.05) is 12.1 Å². The highest BCUT2D eigenvalue weighted by molar-refractivity contribution is 7.18. The first-order chi connectivity index (χ1) is 29.9. The van der Waals surface area contributed by atoms with Gasteiger partial charge in [0.25, 0.3) is 17.7 Å². The number of benzene rings is 2. The summed E-state index contributed by atoms with van der Waals surface area (Å²) in [5, 5.41) is 14.7. The Balaban J connectivity index is 0.748. The third kappa shape index (κ3) is 8.75. The number of carbonyl (C=O) groups is 4. The van der Waals surface area contributed by atoms with E-state index in [4.69, 9.17) is 4.98 Å². The fourth-order valence-corrected chi connectivity index (χ4v) is 12.2. The van der Waals surface area contributed by atoms with Gasteiger partial charge in [-0.2, -0.15) is 13.2 Å². The highest BCUT2D eigenvalue weighted by atomic mass is 32.1. The van der Waals surface area contributed by atoms with Crippen LogP contribution in [0.5, 0.6) is 0 Å². The summed E-state index contributed by atoms with van der Waals surface area (Å²) in [4.78, 5) is 65.3. The van der Waals surface area contributed by atoms with Gasteiger partial charge in [-0.05, 0) is 157 Å². The van der Waals surface area contributed by atoms with Crippen molar-refractivity contribution in [3.63, 3.8) is 0 Å². The number of likely N-dealkylation sites (tertiary alicyclic amines) is 1. The zero-order valence-electron chi connectivity index (χ0n) is 35.9. The van der Waals surface area contributed by atoms with E-state index in [0.29, 0.717) is 63.9 Å². The smallest absolute Gasteiger partial charge is 0.386 e. The maximum Gasteiger partial charge on any atom is 0.433 e. The van der Waals surface area contributed by atoms with Crippen molar-refractivity contribution in [3.8, 4) is 0 Å². The van der Waals surface area contributed by atoms with Crippen LogP contribution < -0.4 is 5.32 Å². The summed E-state index contributed by atoms with van der Waals surface area (Å²) in [6.07, 6.45) is 7.52. The lowest BCUT2D eigenvalue weighted by Crippen LogP contribution is -2.48. The number of halogens is 3. The Kier molecular flexibility index (Phi) is 11.5. The molecule has 332 valence electrons. The Morgan fingerprint density at radius 1 is 0.952 bits per heavy atom. The van der Waals surface area contributed by atoms with Crippen LogP contribution in [0.3, 0.4) is 0 Å². The van der Waals surface area contributed by atoms with Crippen LogP contribution in [0.15, 0.2) is 60.7 Å². The zero-order chi connectivity index (χ0) is 44.4. The van der Waals surface area contributed by atoms with E-state index in [-0.39, 0.29) is 29.7 Å². The summed E-state index contributed by atoms with van der Waals surface area (Å²) in [5.41, 5.74) is 1.66. The van der Waals surface area contributed by atoms with Crippen LogP contribution in [-0.4, -0.2) is 74.1 Å². The first-order valence-electron chi connectivity index (χ1n) is 22.4. The predicted octanol–water partition coefficient (Wildman–Crippen LogP) is 9.86. The van der Waals surface area contributed by atoms with Crippen molar-refractivity contribution in [3.05, 3.63) is 99.3 Å². The number of aryl methyl sites for hydroxylation is 1. The number of carbonyl (C=O) groups excluding carboxylic acids is 4. The second kappa shape index (κ2) is 16.6. The molecule has 3 amide bonds. The molecule has 1 atom stereocenters. The minimum atomic E-state index is -4.69. The first-order valence-corrected chi connectivity index (χ1v) is 23.2. The summed E-state index contributed by atoms with van der Waals surface area (Å²) < 4.78 is 40.7. The zero-order valence-corrected chi connectivity index (χ0v) is 36.7. The van der Waals surface area contributed by atoms with E-state index in [2.05, 4.69) is 21.8 Å². The summed E-state index contributed by atoms with van der Waals surface area (Å²) in [5.74, 6) is -0.0229. The summed E-state index contributed by atoms with van der Waals surface area (Å²) >= 11 is 1.56. The molecule has 2 aliphatic heterocycles. The van der Waals surface area contributed by atoms with Crippen LogP contribution >= 0.6 is 11.3 Å². The molecule has 0 radical (unpaired) electrons. The number of allylic oxidation sites excluding steroid dienone is 1. The number of alkyl halides is 3. The van der Waals surface area contributed by atoms with Gasteiger partial charge < -0.3 is 15.3 Å². The maximum atomic E-state index is 13.6. The molecule has 1 spiro atoms. The number of hydrogen-bond acceptors (Lipinski definition) is 9. The normalized spacial score (nSPS) is 23.4. The van der Waals surface area contributed by atoms with Gasteiger partial charge in [-0.25, -0.2) is 9.97 Å². The number of nitrogens with zero attached hydrogens (tertiary/aromatic N) is 4. The summed E-state index contributed by atoms with van der Waals surface area (Å²) in [6, 6.07) is 11.6. The molecule has 2 aromatic heterocycles. The number of pyridine rings is 1. The number of aliphatic hydroxyl groups is 1.